The number of esters is 1. The van der Waals surface area contributed by atoms with Crippen LogP contribution in [-0.2, 0) is 16.1 Å². The van der Waals surface area contributed by atoms with E-state index < -0.39 is 11.6 Å². The maximum atomic E-state index is 13.7. The molecule has 0 bridgehead atoms. The van der Waals surface area contributed by atoms with Crippen molar-refractivity contribution in [1.29, 1.82) is 0 Å². The lowest BCUT2D eigenvalue weighted by Gasteiger charge is -2.08. The molecule has 0 unspecified atom stereocenters. The van der Waals surface area contributed by atoms with E-state index in [1.807, 2.05) is 6.07 Å². The third-order valence-corrected chi connectivity index (χ3v) is 4.75. The largest absolute Gasteiger partial charge is 0.466 e. The summed E-state index contributed by atoms with van der Waals surface area (Å²) in [6, 6.07) is 5.93. The van der Waals surface area contributed by atoms with E-state index >= 15 is 0 Å². The molecule has 1 aromatic carbocycles. The maximum absolute atomic E-state index is 13.7. The Hall–Kier alpha value is -2.02. The minimum Gasteiger partial charge on any atom is -0.466 e. The number of anilines is 1. The Balaban J connectivity index is 1.59. The number of benzene rings is 1. The van der Waals surface area contributed by atoms with Crippen LogP contribution >= 0.6 is 15.9 Å². The van der Waals surface area contributed by atoms with Crippen molar-refractivity contribution in [1.82, 2.24) is 4.98 Å². The lowest BCUT2D eigenvalue weighted by molar-refractivity contribution is -0.144. The van der Waals surface area contributed by atoms with Crippen molar-refractivity contribution in [3.05, 3.63) is 57.7 Å². The monoisotopic (exact) mass is 410 g/mol. The Bertz CT molecular complexity index is 783. The van der Waals surface area contributed by atoms with Crippen LogP contribution in [0.2, 0.25) is 0 Å². The molecule has 2 atom stereocenters. The highest BCUT2D eigenvalue weighted by Gasteiger charge is 2.45. The van der Waals surface area contributed by atoms with E-state index in [-0.39, 0.29) is 28.8 Å². The first-order chi connectivity index (χ1) is 12.0. The van der Waals surface area contributed by atoms with Gasteiger partial charge >= 0.3 is 5.97 Å². The molecule has 0 amide bonds. The Morgan fingerprint density at radius 3 is 2.84 bits per heavy atom. The Kier molecular flexibility index (Phi) is 5.32. The van der Waals surface area contributed by atoms with Gasteiger partial charge in [-0.15, -0.1) is 0 Å². The lowest BCUT2D eigenvalue weighted by atomic mass is 10.1. The predicted octanol–water partition coefficient (Wildman–Crippen LogP) is 4.40. The summed E-state index contributed by atoms with van der Waals surface area (Å²) in [5.41, 5.74) is 1.32. The average molecular weight is 411 g/mol. The van der Waals surface area contributed by atoms with Crippen molar-refractivity contribution < 1.29 is 18.3 Å². The molecule has 0 saturated heterocycles. The maximum Gasteiger partial charge on any atom is 0.309 e. The van der Waals surface area contributed by atoms with Gasteiger partial charge in [-0.05, 0) is 52.9 Å². The van der Waals surface area contributed by atoms with Gasteiger partial charge in [0.25, 0.3) is 0 Å². The molecule has 0 aliphatic heterocycles. The number of hydrogen-bond donors (Lipinski definition) is 1. The Morgan fingerprint density at radius 2 is 2.16 bits per heavy atom. The normalized spacial score (nSPS) is 18.7. The second-order valence-corrected chi connectivity index (χ2v) is 6.74. The molecule has 1 fully saturated rings. The molecule has 1 aliphatic carbocycles. The van der Waals surface area contributed by atoms with E-state index in [4.69, 9.17) is 4.74 Å². The molecule has 1 N–H and O–H groups in total. The van der Waals surface area contributed by atoms with Crippen LogP contribution in [0.1, 0.15) is 30.4 Å². The molecule has 1 heterocycles. The second-order valence-electron chi connectivity index (χ2n) is 5.89. The van der Waals surface area contributed by atoms with Crippen LogP contribution in [0.15, 0.2) is 34.9 Å². The first kappa shape index (κ1) is 17.8. The number of hydrogen-bond acceptors (Lipinski definition) is 4. The molecule has 0 spiro atoms. The Labute approximate surface area is 152 Å². The van der Waals surface area contributed by atoms with Crippen LogP contribution in [0.4, 0.5) is 14.6 Å². The fourth-order valence-corrected chi connectivity index (χ4v) is 3.08. The molecule has 25 heavy (non-hydrogen) atoms. The van der Waals surface area contributed by atoms with Crippen LogP contribution in [0, 0.1) is 17.6 Å². The predicted molar refractivity (Wildman–Crippen MR) is 93.1 cm³/mol. The van der Waals surface area contributed by atoms with E-state index in [0.717, 1.165) is 18.1 Å². The van der Waals surface area contributed by atoms with Crippen molar-refractivity contribution in [2.24, 2.45) is 5.92 Å². The van der Waals surface area contributed by atoms with E-state index in [0.29, 0.717) is 18.0 Å². The highest BCUT2D eigenvalue weighted by molar-refractivity contribution is 9.10. The number of ether oxygens (including phenoxy) is 1. The topological polar surface area (TPSA) is 51.2 Å². The number of aromatic nitrogens is 1. The van der Waals surface area contributed by atoms with Crippen LogP contribution in [0.3, 0.4) is 0 Å². The molecule has 0 radical (unpaired) electrons. The number of carbonyl (C=O) groups is 1. The third-order valence-electron chi connectivity index (χ3n) is 4.14. The van der Waals surface area contributed by atoms with Crippen molar-refractivity contribution in [2.45, 2.75) is 25.8 Å². The van der Waals surface area contributed by atoms with Crippen molar-refractivity contribution in [3.63, 3.8) is 0 Å². The zero-order valence-electron chi connectivity index (χ0n) is 13.6. The summed E-state index contributed by atoms with van der Waals surface area (Å²) in [4.78, 5) is 16.0. The van der Waals surface area contributed by atoms with Gasteiger partial charge in [-0.1, -0.05) is 6.07 Å². The van der Waals surface area contributed by atoms with Gasteiger partial charge in [0, 0.05) is 24.4 Å². The summed E-state index contributed by atoms with van der Waals surface area (Å²) < 4.78 is 32.2. The van der Waals surface area contributed by atoms with E-state index in [1.165, 1.54) is 6.07 Å². The summed E-state index contributed by atoms with van der Waals surface area (Å²) in [7, 11) is 0. The molecular formula is C18H17BrF2N2O2. The minimum atomic E-state index is -0.635. The quantitative estimate of drug-likeness (QED) is 0.566. The molecule has 132 valence electrons. The van der Waals surface area contributed by atoms with Crippen LogP contribution in [0.5, 0.6) is 0 Å². The first-order valence-corrected chi connectivity index (χ1v) is 8.78. The van der Waals surface area contributed by atoms with Crippen LogP contribution < -0.4 is 5.32 Å². The van der Waals surface area contributed by atoms with E-state index in [2.05, 4.69) is 26.2 Å². The Morgan fingerprint density at radius 1 is 1.36 bits per heavy atom. The lowest BCUT2D eigenvalue weighted by Crippen LogP contribution is -2.07. The zero-order chi connectivity index (χ0) is 18.0. The number of nitrogens with zero attached hydrogens (tertiary/aromatic N) is 1. The summed E-state index contributed by atoms with van der Waals surface area (Å²) in [5, 5.41) is 3.00. The van der Waals surface area contributed by atoms with Gasteiger partial charge in [0.05, 0.1) is 17.0 Å². The molecule has 1 saturated carbocycles. The van der Waals surface area contributed by atoms with Gasteiger partial charge in [-0.3, -0.25) is 4.79 Å². The summed E-state index contributed by atoms with van der Waals surface area (Å²) in [6.45, 7) is 2.37. The van der Waals surface area contributed by atoms with Crippen molar-refractivity contribution in [2.75, 3.05) is 11.9 Å². The highest BCUT2D eigenvalue weighted by atomic mass is 79.9. The van der Waals surface area contributed by atoms with Gasteiger partial charge < -0.3 is 10.1 Å². The highest BCUT2D eigenvalue weighted by Crippen LogP contribution is 2.48. The zero-order valence-corrected chi connectivity index (χ0v) is 15.1. The second kappa shape index (κ2) is 7.47. The van der Waals surface area contributed by atoms with Crippen LogP contribution in [0.25, 0.3) is 0 Å². The number of nitrogens with one attached hydrogen (secondary N) is 1. The molecule has 1 aromatic heterocycles. The number of rotatable bonds is 6. The molecule has 3 rings (SSSR count). The van der Waals surface area contributed by atoms with Gasteiger partial charge in [-0.2, -0.15) is 0 Å². The standard InChI is InChI=1S/C18H17BrF2N2O2/c1-2-25-18(24)13-6-12(13)10-3-4-17(22-8-10)23-9-11-5-14(19)16(21)7-15(11)20/h3-5,7-8,12-13H,2,6,9H2,1H3,(H,22,23)/t12-,13+/m0/s1. The van der Waals surface area contributed by atoms with Crippen LogP contribution in [-0.4, -0.2) is 17.6 Å². The smallest absolute Gasteiger partial charge is 0.309 e. The number of halogens is 3. The molecule has 4 nitrogen and oxygen atoms in total. The van der Waals surface area contributed by atoms with Crippen molar-refractivity contribution in [3.8, 4) is 0 Å². The summed E-state index contributed by atoms with van der Waals surface area (Å²) in [6.07, 6.45) is 2.49. The van der Waals surface area contributed by atoms with Gasteiger partial charge in [-0.25, -0.2) is 13.8 Å². The minimum absolute atomic E-state index is 0.0776. The third kappa shape index (κ3) is 4.15. The van der Waals surface area contributed by atoms with Gasteiger partial charge in [0.1, 0.15) is 17.5 Å². The van der Waals surface area contributed by atoms with Gasteiger partial charge in [0.2, 0.25) is 0 Å². The number of carbonyl (C=O) groups excluding carboxylic acids is 1. The molecular weight excluding hydrogens is 394 g/mol. The van der Waals surface area contributed by atoms with Gasteiger partial charge in [0.15, 0.2) is 0 Å². The molecule has 2 aromatic rings. The summed E-state index contributed by atoms with van der Waals surface area (Å²) >= 11 is 3.04. The fraction of sp³-hybridized carbons (Fsp3) is 0.333. The van der Waals surface area contributed by atoms with Crippen molar-refractivity contribution >= 4 is 27.7 Å². The van der Waals surface area contributed by atoms with E-state index in [9.17, 15) is 13.6 Å². The average Bonchev–Trinajstić information content (AvgIpc) is 3.38. The fourth-order valence-electron chi connectivity index (χ4n) is 2.69. The molecule has 7 heteroatoms. The molecule has 1 aliphatic rings. The summed E-state index contributed by atoms with van der Waals surface area (Å²) in [5.74, 6) is -0.745. The number of pyridine rings is 1. The van der Waals surface area contributed by atoms with E-state index in [1.54, 1.807) is 19.2 Å². The first-order valence-electron chi connectivity index (χ1n) is 7.99. The SMILES string of the molecule is CCOC(=O)[C@@H]1C[C@H]1c1ccc(NCc2cc(Br)c(F)cc2F)nc1.